The molecule has 2 aliphatic heterocycles. The molecule has 0 aliphatic carbocycles. The maximum Gasteiger partial charge on any atom is 0.364 e. The van der Waals surface area contributed by atoms with Gasteiger partial charge in [-0.05, 0) is 0 Å². The van der Waals surface area contributed by atoms with Gasteiger partial charge in [-0.1, -0.05) is 0 Å². The van der Waals surface area contributed by atoms with E-state index in [4.69, 9.17) is 24.1 Å². The number of hydrogen-bond acceptors (Lipinski definition) is 12. The molecule has 0 aromatic rings. The number of carbonyl (C=O) groups is 2. The van der Waals surface area contributed by atoms with E-state index in [0.717, 1.165) is 6.92 Å². The largest absolute Gasteiger partial charge is 0.477 e. The van der Waals surface area contributed by atoms with E-state index in [-0.39, 0.29) is 6.42 Å². The van der Waals surface area contributed by atoms with Crippen molar-refractivity contribution >= 4 is 11.9 Å². The van der Waals surface area contributed by atoms with Crippen molar-refractivity contribution in [3.8, 4) is 0 Å². The van der Waals surface area contributed by atoms with Gasteiger partial charge in [-0.3, -0.25) is 4.79 Å². The first-order valence-corrected chi connectivity index (χ1v) is 9.97. The zero-order chi connectivity index (χ0) is 24.2. The molecule has 10 atom stereocenters. The Morgan fingerprint density at radius 2 is 1.88 bits per heavy atom. The highest BCUT2D eigenvalue weighted by Crippen LogP contribution is 2.34. The molecule has 0 unspecified atom stereocenters. The predicted octanol–water partition coefficient (Wildman–Crippen LogP) is -4.36. The fourth-order valence-corrected chi connectivity index (χ4v) is 3.70. The molecule has 2 aliphatic rings. The van der Waals surface area contributed by atoms with E-state index in [1.807, 2.05) is 0 Å². The van der Waals surface area contributed by atoms with Crippen molar-refractivity contribution in [3.63, 3.8) is 0 Å². The minimum atomic E-state index is -2.58. The molecule has 14 nitrogen and oxygen atoms in total. The Bertz CT molecular complexity index is 650. The molecule has 14 heteroatoms. The fraction of sp³-hybridized carbons (Fsp3) is 0.889. The summed E-state index contributed by atoms with van der Waals surface area (Å²) in [5.74, 6) is -4.92. The van der Waals surface area contributed by atoms with Crippen LogP contribution in [0.4, 0.5) is 0 Å². The molecule has 32 heavy (non-hydrogen) atoms. The molecule has 2 fully saturated rings. The highest BCUT2D eigenvalue weighted by molar-refractivity contribution is 5.76. The number of rotatable bonds is 9. The van der Waals surface area contributed by atoms with Gasteiger partial charge in [0.2, 0.25) is 5.91 Å². The Morgan fingerprint density at radius 1 is 1.22 bits per heavy atom. The number of carboxylic acid groups (broad SMARTS) is 1. The second-order valence-electron chi connectivity index (χ2n) is 7.82. The van der Waals surface area contributed by atoms with Crippen molar-refractivity contribution < 1.29 is 64.3 Å². The summed E-state index contributed by atoms with van der Waals surface area (Å²) in [6.07, 6.45) is -12.5. The minimum Gasteiger partial charge on any atom is -0.477 e. The number of carboxylic acids is 1. The van der Waals surface area contributed by atoms with Gasteiger partial charge >= 0.3 is 5.97 Å². The molecule has 2 rings (SSSR count). The van der Waals surface area contributed by atoms with E-state index >= 15 is 0 Å². The van der Waals surface area contributed by atoms with Gasteiger partial charge in [0.1, 0.15) is 30.5 Å². The Balaban J connectivity index is 2.27. The Morgan fingerprint density at radius 3 is 2.41 bits per heavy atom. The van der Waals surface area contributed by atoms with Crippen LogP contribution in [-0.4, -0.2) is 129 Å². The zero-order valence-corrected chi connectivity index (χ0v) is 17.6. The van der Waals surface area contributed by atoms with E-state index in [2.05, 4.69) is 5.32 Å². The molecule has 8 N–H and O–H groups in total. The van der Waals surface area contributed by atoms with Crippen molar-refractivity contribution in [2.75, 3.05) is 20.3 Å². The lowest BCUT2D eigenvalue weighted by Crippen LogP contribution is -2.68. The first-order valence-electron chi connectivity index (χ1n) is 9.97. The molecule has 2 heterocycles. The highest BCUT2D eigenvalue weighted by Gasteiger charge is 2.56. The number of aliphatic hydroxyl groups is 6. The van der Waals surface area contributed by atoms with E-state index < -0.39 is 92.4 Å². The minimum absolute atomic E-state index is 0.0286. The van der Waals surface area contributed by atoms with Gasteiger partial charge in [0.25, 0.3) is 5.79 Å². The summed E-state index contributed by atoms with van der Waals surface area (Å²) in [5.41, 5.74) is 0. The number of carbonyl (C=O) groups excluding carboxylic acids is 1. The van der Waals surface area contributed by atoms with Gasteiger partial charge in [0.15, 0.2) is 6.29 Å². The Kier molecular flexibility index (Phi) is 9.30. The predicted molar refractivity (Wildman–Crippen MR) is 101 cm³/mol. The zero-order valence-electron chi connectivity index (χ0n) is 17.6. The normalized spacial score (nSPS) is 39.8. The summed E-state index contributed by atoms with van der Waals surface area (Å²) in [5, 5.41) is 72.1. The molecule has 0 aromatic carbocycles. The van der Waals surface area contributed by atoms with Crippen molar-refractivity contribution in [2.45, 2.75) is 80.6 Å². The molecule has 186 valence electrons. The number of nitrogens with one attached hydrogen (secondary N) is 1. The first-order chi connectivity index (χ1) is 15.0. The third-order valence-corrected chi connectivity index (χ3v) is 5.47. The maximum absolute atomic E-state index is 12.1. The lowest BCUT2D eigenvalue weighted by Gasteiger charge is -2.47. The van der Waals surface area contributed by atoms with E-state index in [1.54, 1.807) is 0 Å². The summed E-state index contributed by atoms with van der Waals surface area (Å²) in [4.78, 5) is 23.6. The average molecular weight is 469 g/mol. The van der Waals surface area contributed by atoms with Crippen molar-refractivity contribution in [1.29, 1.82) is 0 Å². The first kappa shape index (κ1) is 26.8. The van der Waals surface area contributed by atoms with Crippen molar-refractivity contribution in [2.24, 2.45) is 0 Å². The lowest BCUT2D eigenvalue weighted by molar-refractivity contribution is -0.327. The molecule has 2 saturated heterocycles. The van der Waals surface area contributed by atoms with E-state index in [0.29, 0.717) is 0 Å². The van der Waals surface area contributed by atoms with Crippen LogP contribution in [0.15, 0.2) is 0 Å². The molecular weight excluding hydrogens is 438 g/mol. The maximum atomic E-state index is 12.1. The van der Waals surface area contributed by atoms with Gasteiger partial charge in [0, 0.05) is 26.9 Å². The molecule has 0 saturated carbocycles. The molecule has 0 bridgehead atoms. The smallest absolute Gasteiger partial charge is 0.364 e. The Hall–Kier alpha value is -1.46. The lowest BCUT2D eigenvalue weighted by atomic mass is 9.88. The van der Waals surface area contributed by atoms with Gasteiger partial charge in [-0.2, -0.15) is 0 Å². The van der Waals surface area contributed by atoms with Gasteiger partial charge in [0.05, 0.1) is 31.5 Å². The average Bonchev–Trinajstić information content (AvgIpc) is 2.74. The van der Waals surface area contributed by atoms with E-state index in [1.165, 1.54) is 7.11 Å². The highest BCUT2D eigenvalue weighted by atomic mass is 16.7. The van der Waals surface area contributed by atoms with Gasteiger partial charge in [-0.25, -0.2) is 4.79 Å². The van der Waals surface area contributed by atoms with Crippen LogP contribution in [0.2, 0.25) is 0 Å². The van der Waals surface area contributed by atoms with Gasteiger partial charge < -0.3 is 60.0 Å². The molecule has 0 aromatic heterocycles. The topological polar surface area (TPSA) is 225 Å². The fourth-order valence-electron chi connectivity index (χ4n) is 3.70. The van der Waals surface area contributed by atoms with Crippen LogP contribution in [-0.2, 0) is 28.5 Å². The summed E-state index contributed by atoms with van der Waals surface area (Å²) in [7, 11) is 1.31. The second kappa shape index (κ2) is 11.1. The van der Waals surface area contributed by atoms with Crippen LogP contribution in [0.1, 0.15) is 19.8 Å². The van der Waals surface area contributed by atoms with E-state index in [9.17, 15) is 40.2 Å². The molecule has 1 amide bonds. The molecule has 0 spiro atoms. The third kappa shape index (κ3) is 5.91. The number of aliphatic carboxylic acids is 1. The van der Waals surface area contributed by atoms with Crippen LogP contribution in [0.3, 0.4) is 0 Å². The quantitative estimate of drug-likeness (QED) is 0.160. The standard InChI is InChI=1S/C18H31NO13/c1-7(21)19-13-9(23)4-18(17(27)28,32-16(13)15(26)10(24)5-20)30-6-11-14(25)8(22)3-12(29-2)31-11/h8-16,20,22-26H,3-6H2,1-2H3,(H,19,21)(H,27,28)/t8-,9+,10-,11-,12+,13-,14-,15-,16-,18-/m1/s1. The summed E-state index contributed by atoms with van der Waals surface area (Å²) < 4.78 is 21.3. The van der Waals surface area contributed by atoms with Crippen molar-refractivity contribution in [3.05, 3.63) is 0 Å². The molecule has 0 radical (unpaired) electrons. The van der Waals surface area contributed by atoms with Crippen LogP contribution in [0.25, 0.3) is 0 Å². The summed E-state index contributed by atoms with van der Waals surface area (Å²) in [6.45, 7) is -0.413. The summed E-state index contributed by atoms with van der Waals surface area (Å²) >= 11 is 0. The number of amides is 1. The summed E-state index contributed by atoms with van der Waals surface area (Å²) in [6, 6.07) is -1.34. The monoisotopic (exact) mass is 469 g/mol. The number of ether oxygens (including phenoxy) is 4. The Labute approximate surface area is 183 Å². The van der Waals surface area contributed by atoms with Crippen LogP contribution in [0, 0.1) is 0 Å². The van der Waals surface area contributed by atoms with Crippen LogP contribution in [0.5, 0.6) is 0 Å². The van der Waals surface area contributed by atoms with Gasteiger partial charge in [-0.15, -0.1) is 0 Å². The van der Waals surface area contributed by atoms with Crippen LogP contribution >= 0.6 is 0 Å². The molecular formula is C18H31NO13. The second-order valence-corrected chi connectivity index (χ2v) is 7.82. The third-order valence-electron chi connectivity index (χ3n) is 5.47. The van der Waals surface area contributed by atoms with Crippen molar-refractivity contribution in [1.82, 2.24) is 5.32 Å². The number of hydrogen-bond donors (Lipinski definition) is 8. The number of methoxy groups -OCH3 is 1. The number of aliphatic hydroxyl groups excluding tert-OH is 6. The van der Waals surface area contributed by atoms with Crippen LogP contribution < -0.4 is 5.32 Å². The SMILES string of the molecule is CO[C@@H]1C[C@@H](O)[C@@H](O)[C@@H](CO[C@]2(C(=O)O)C[C@H](O)[C@@H](NC(C)=O)[C@H]([C@H](O)[C@H](O)CO)O2)O1.